The highest BCUT2D eigenvalue weighted by Crippen LogP contribution is 2.30. The SMILES string of the molecule is CCN(Cc1nnc(-c2ccccc2Cc2ccc(C(F)(F)F)cc2)o1)C(=O)OC(C)(C)C. The Morgan fingerprint density at radius 1 is 1.03 bits per heavy atom. The quantitative estimate of drug-likeness (QED) is 0.443. The number of rotatable bonds is 6. The highest BCUT2D eigenvalue weighted by atomic mass is 19.4. The average Bonchev–Trinajstić information content (AvgIpc) is 3.19. The number of ether oxygens (including phenoxy) is 1. The molecule has 0 spiro atoms. The number of carbonyl (C=O) groups is 1. The summed E-state index contributed by atoms with van der Waals surface area (Å²) in [5, 5.41) is 8.17. The van der Waals surface area contributed by atoms with E-state index in [1.165, 1.54) is 17.0 Å². The number of hydrogen-bond donors (Lipinski definition) is 0. The summed E-state index contributed by atoms with van der Waals surface area (Å²) in [5.74, 6) is 0.523. The highest BCUT2D eigenvalue weighted by molar-refractivity contribution is 5.68. The van der Waals surface area contributed by atoms with E-state index in [2.05, 4.69) is 10.2 Å². The molecule has 0 saturated heterocycles. The first-order chi connectivity index (χ1) is 15.5. The maximum absolute atomic E-state index is 12.8. The minimum Gasteiger partial charge on any atom is -0.444 e. The lowest BCUT2D eigenvalue weighted by Gasteiger charge is -2.25. The van der Waals surface area contributed by atoms with Crippen LogP contribution in [-0.4, -0.2) is 33.3 Å². The number of aromatic nitrogens is 2. The van der Waals surface area contributed by atoms with Gasteiger partial charge in [-0.25, -0.2) is 4.79 Å². The van der Waals surface area contributed by atoms with Crippen LogP contribution >= 0.6 is 0 Å². The molecule has 6 nitrogen and oxygen atoms in total. The third-order valence-corrected chi connectivity index (χ3v) is 4.75. The van der Waals surface area contributed by atoms with Crippen molar-refractivity contribution < 1.29 is 27.1 Å². The fourth-order valence-electron chi connectivity index (χ4n) is 3.14. The van der Waals surface area contributed by atoms with E-state index in [9.17, 15) is 18.0 Å². The molecule has 176 valence electrons. The molecule has 0 N–H and O–H groups in total. The topological polar surface area (TPSA) is 68.5 Å². The Bertz CT molecular complexity index is 1090. The van der Waals surface area contributed by atoms with Crippen molar-refractivity contribution in [2.24, 2.45) is 0 Å². The van der Waals surface area contributed by atoms with E-state index in [-0.39, 0.29) is 18.3 Å². The highest BCUT2D eigenvalue weighted by Gasteiger charge is 2.30. The molecule has 0 saturated carbocycles. The Balaban J connectivity index is 1.77. The maximum Gasteiger partial charge on any atom is 0.416 e. The summed E-state index contributed by atoms with van der Waals surface area (Å²) in [5.41, 5.74) is 0.911. The molecule has 0 bridgehead atoms. The Morgan fingerprint density at radius 2 is 1.70 bits per heavy atom. The van der Waals surface area contributed by atoms with E-state index in [1.54, 1.807) is 20.8 Å². The molecular weight excluding hydrogens is 435 g/mol. The van der Waals surface area contributed by atoms with Gasteiger partial charge in [0.2, 0.25) is 11.8 Å². The zero-order chi connectivity index (χ0) is 24.2. The largest absolute Gasteiger partial charge is 0.444 e. The van der Waals surface area contributed by atoms with Gasteiger partial charge in [-0.3, -0.25) is 4.90 Å². The van der Waals surface area contributed by atoms with Gasteiger partial charge in [0.1, 0.15) is 12.1 Å². The van der Waals surface area contributed by atoms with Crippen LogP contribution in [-0.2, 0) is 23.9 Å². The monoisotopic (exact) mass is 461 g/mol. The van der Waals surface area contributed by atoms with Crippen LogP contribution in [0.3, 0.4) is 0 Å². The molecule has 0 unspecified atom stereocenters. The normalized spacial score (nSPS) is 12.0. The van der Waals surface area contributed by atoms with Gasteiger partial charge in [0.15, 0.2) is 0 Å². The summed E-state index contributed by atoms with van der Waals surface area (Å²) in [4.78, 5) is 13.8. The summed E-state index contributed by atoms with van der Waals surface area (Å²) in [6.07, 6.45) is -4.46. The fraction of sp³-hybridized carbons (Fsp3) is 0.375. The number of hydrogen-bond acceptors (Lipinski definition) is 5. The molecule has 0 aliphatic rings. The van der Waals surface area contributed by atoms with Crippen molar-refractivity contribution in [1.29, 1.82) is 0 Å². The van der Waals surface area contributed by atoms with E-state index in [0.717, 1.165) is 23.3 Å². The zero-order valence-corrected chi connectivity index (χ0v) is 18.9. The maximum atomic E-state index is 12.8. The van der Waals surface area contributed by atoms with Crippen molar-refractivity contribution in [2.75, 3.05) is 6.54 Å². The number of halogens is 3. The fourth-order valence-corrected chi connectivity index (χ4v) is 3.14. The van der Waals surface area contributed by atoms with E-state index in [1.807, 2.05) is 31.2 Å². The molecule has 0 atom stereocenters. The molecule has 0 aliphatic heterocycles. The minimum atomic E-state index is -4.37. The predicted octanol–water partition coefficient (Wildman–Crippen LogP) is 6.10. The van der Waals surface area contributed by atoms with Gasteiger partial charge in [-0.2, -0.15) is 13.2 Å². The van der Waals surface area contributed by atoms with Crippen LogP contribution in [0.4, 0.5) is 18.0 Å². The molecule has 0 fully saturated rings. The van der Waals surface area contributed by atoms with Crippen molar-refractivity contribution in [3.8, 4) is 11.5 Å². The van der Waals surface area contributed by atoms with Gasteiger partial charge < -0.3 is 9.15 Å². The molecule has 3 aromatic rings. The van der Waals surface area contributed by atoms with Crippen LogP contribution in [0.2, 0.25) is 0 Å². The molecule has 3 rings (SSSR count). The molecular formula is C24H26F3N3O3. The third-order valence-electron chi connectivity index (χ3n) is 4.75. The van der Waals surface area contributed by atoms with Crippen molar-refractivity contribution >= 4 is 6.09 Å². The molecule has 2 aromatic carbocycles. The van der Waals surface area contributed by atoms with Gasteiger partial charge in [0, 0.05) is 12.1 Å². The smallest absolute Gasteiger partial charge is 0.416 e. The zero-order valence-electron chi connectivity index (χ0n) is 18.9. The van der Waals surface area contributed by atoms with Crippen LogP contribution in [0.25, 0.3) is 11.5 Å². The van der Waals surface area contributed by atoms with Gasteiger partial charge in [0.25, 0.3) is 0 Å². The van der Waals surface area contributed by atoms with Gasteiger partial charge in [-0.05, 0) is 63.4 Å². The van der Waals surface area contributed by atoms with Crippen molar-refractivity contribution in [2.45, 2.75) is 52.4 Å². The molecule has 33 heavy (non-hydrogen) atoms. The molecule has 0 radical (unpaired) electrons. The molecule has 1 amide bonds. The average molecular weight is 461 g/mol. The second kappa shape index (κ2) is 9.64. The lowest BCUT2D eigenvalue weighted by Crippen LogP contribution is -2.36. The number of nitrogens with zero attached hydrogens (tertiary/aromatic N) is 3. The minimum absolute atomic E-state index is 0.0967. The van der Waals surface area contributed by atoms with E-state index in [0.29, 0.717) is 18.5 Å². The van der Waals surface area contributed by atoms with Crippen LogP contribution < -0.4 is 0 Å². The first-order valence-corrected chi connectivity index (χ1v) is 10.5. The van der Waals surface area contributed by atoms with Crippen molar-refractivity contribution in [1.82, 2.24) is 15.1 Å². The number of amides is 1. The second-order valence-electron chi connectivity index (χ2n) is 8.52. The van der Waals surface area contributed by atoms with Crippen molar-refractivity contribution in [3.05, 3.63) is 71.1 Å². The van der Waals surface area contributed by atoms with E-state index < -0.39 is 23.4 Å². The summed E-state index contributed by atoms with van der Waals surface area (Å²) >= 11 is 0. The molecule has 9 heteroatoms. The van der Waals surface area contributed by atoms with Gasteiger partial charge >= 0.3 is 12.3 Å². The second-order valence-corrected chi connectivity index (χ2v) is 8.52. The number of benzene rings is 2. The molecule has 0 aliphatic carbocycles. The lowest BCUT2D eigenvalue weighted by molar-refractivity contribution is -0.137. The van der Waals surface area contributed by atoms with Gasteiger partial charge in [-0.15, -0.1) is 10.2 Å². The molecule has 1 aromatic heterocycles. The van der Waals surface area contributed by atoms with Crippen LogP contribution in [0.1, 0.15) is 50.3 Å². The standard InChI is InChI=1S/C24H26F3N3O3/c1-5-30(22(31)33-23(2,3)4)15-20-28-29-21(32-20)19-9-7-6-8-17(19)14-16-10-12-18(13-11-16)24(25,26)27/h6-13H,5,14-15H2,1-4H3. The third kappa shape index (κ3) is 6.57. The van der Waals surface area contributed by atoms with Gasteiger partial charge in [0.05, 0.1) is 5.56 Å². The van der Waals surface area contributed by atoms with Crippen LogP contribution in [0.5, 0.6) is 0 Å². The van der Waals surface area contributed by atoms with Crippen LogP contribution in [0, 0.1) is 0 Å². The number of alkyl halides is 3. The van der Waals surface area contributed by atoms with Crippen LogP contribution in [0.15, 0.2) is 52.9 Å². The van der Waals surface area contributed by atoms with Gasteiger partial charge in [-0.1, -0.05) is 30.3 Å². The first-order valence-electron chi connectivity index (χ1n) is 10.5. The number of carbonyl (C=O) groups excluding carboxylic acids is 1. The van der Waals surface area contributed by atoms with E-state index in [4.69, 9.17) is 9.15 Å². The van der Waals surface area contributed by atoms with E-state index >= 15 is 0 Å². The summed E-state index contributed by atoms with van der Waals surface area (Å²) in [6.45, 7) is 7.68. The Kier molecular flexibility index (Phi) is 7.09. The van der Waals surface area contributed by atoms with Crippen molar-refractivity contribution in [3.63, 3.8) is 0 Å². The Hall–Kier alpha value is -3.36. The first kappa shape index (κ1) is 24.3. The Morgan fingerprint density at radius 3 is 2.30 bits per heavy atom. The lowest BCUT2D eigenvalue weighted by atomic mass is 9.99. The Labute approximate surface area is 190 Å². The summed E-state index contributed by atoms with van der Waals surface area (Å²) < 4.78 is 49.7. The summed E-state index contributed by atoms with van der Waals surface area (Å²) in [7, 11) is 0. The molecule has 1 heterocycles. The predicted molar refractivity (Wildman–Crippen MR) is 116 cm³/mol. The summed E-state index contributed by atoms with van der Waals surface area (Å²) in [6, 6.07) is 12.4.